The zero-order valence-corrected chi connectivity index (χ0v) is 12.6. The van der Waals surface area contributed by atoms with Gasteiger partial charge < -0.3 is 0 Å². The largest absolute Gasteiger partial charge is 0.417 e. The molecule has 0 atom stereocenters. The minimum Gasteiger partial charge on any atom is -0.298 e. The molecule has 21 heavy (non-hydrogen) atoms. The molecule has 0 N–H and O–H groups in total. The molecule has 0 fully saturated rings. The zero-order chi connectivity index (χ0) is 15.8. The standard InChI is InChI=1S/C16H16ClF3O/c1-15(2)6-5-11(9-21)12(8-15)10-3-4-14(17)13(7-10)16(18,19)20/h3-4,7,9H,5-6,8H2,1-2H3. The quantitative estimate of drug-likeness (QED) is 0.656. The van der Waals surface area contributed by atoms with Gasteiger partial charge in [-0.25, -0.2) is 0 Å². The van der Waals surface area contributed by atoms with E-state index in [0.29, 0.717) is 29.6 Å². The molecular formula is C16H16ClF3O. The van der Waals surface area contributed by atoms with Crippen molar-refractivity contribution in [2.24, 2.45) is 5.41 Å². The van der Waals surface area contributed by atoms with Gasteiger partial charge in [-0.3, -0.25) is 4.79 Å². The number of rotatable bonds is 2. The number of carbonyl (C=O) groups is 1. The van der Waals surface area contributed by atoms with Crippen LogP contribution in [0.3, 0.4) is 0 Å². The van der Waals surface area contributed by atoms with Gasteiger partial charge in [0.05, 0.1) is 10.6 Å². The van der Waals surface area contributed by atoms with Gasteiger partial charge in [-0.15, -0.1) is 0 Å². The Morgan fingerprint density at radius 1 is 1.29 bits per heavy atom. The number of hydrogen-bond acceptors (Lipinski definition) is 1. The Labute approximate surface area is 126 Å². The molecule has 0 bridgehead atoms. The van der Waals surface area contributed by atoms with Crippen molar-refractivity contribution in [3.05, 3.63) is 39.9 Å². The van der Waals surface area contributed by atoms with Crippen molar-refractivity contribution in [3.63, 3.8) is 0 Å². The van der Waals surface area contributed by atoms with Crippen LogP contribution in [0.2, 0.25) is 5.02 Å². The van der Waals surface area contributed by atoms with Crippen LogP contribution in [0.15, 0.2) is 23.8 Å². The van der Waals surface area contributed by atoms with Gasteiger partial charge in [0.1, 0.15) is 6.29 Å². The summed E-state index contributed by atoms with van der Waals surface area (Å²) in [5, 5.41) is -0.324. The average Bonchev–Trinajstić information content (AvgIpc) is 2.37. The topological polar surface area (TPSA) is 17.1 Å². The van der Waals surface area contributed by atoms with Crippen molar-refractivity contribution < 1.29 is 18.0 Å². The summed E-state index contributed by atoms with van der Waals surface area (Å²) in [6.07, 6.45) is -1.72. The van der Waals surface area contributed by atoms with Crippen LogP contribution < -0.4 is 0 Å². The van der Waals surface area contributed by atoms with Crippen LogP contribution in [0, 0.1) is 5.41 Å². The second-order valence-electron chi connectivity index (χ2n) is 6.16. The lowest BCUT2D eigenvalue weighted by atomic mass is 9.73. The predicted octanol–water partition coefficient (Wildman–Crippen LogP) is 5.52. The molecular weight excluding hydrogens is 301 g/mol. The van der Waals surface area contributed by atoms with Crippen LogP contribution in [0.5, 0.6) is 0 Å². The first-order valence-electron chi connectivity index (χ1n) is 6.68. The molecule has 1 aliphatic carbocycles. The van der Waals surface area contributed by atoms with Crippen LogP contribution >= 0.6 is 11.6 Å². The number of aldehydes is 1. The van der Waals surface area contributed by atoms with E-state index < -0.39 is 11.7 Å². The van der Waals surface area contributed by atoms with Gasteiger partial charge in [-0.05, 0) is 53.5 Å². The van der Waals surface area contributed by atoms with Gasteiger partial charge in [0, 0.05) is 0 Å². The summed E-state index contributed by atoms with van der Waals surface area (Å²) < 4.78 is 38.9. The zero-order valence-electron chi connectivity index (χ0n) is 11.9. The van der Waals surface area contributed by atoms with Crippen molar-refractivity contribution in [3.8, 4) is 0 Å². The van der Waals surface area contributed by atoms with Gasteiger partial charge in [0.15, 0.2) is 0 Å². The summed E-state index contributed by atoms with van der Waals surface area (Å²) >= 11 is 5.64. The first kappa shape index (κ1) is 16.1. The molecule has 114 valence electrons. The minimum atomic E-state index is -4.50. The number of alkyl halides is 3. The highest BCUT2D eigenvalue weighted by molar-refractivity contribution is 6.31. The third kappa shape index (κ3) is 3.49. The number of hydrogen-bond donors (Lipinski definition) is 0. The van der Waals surface area contributed by atoms with Gasteiger partial charge in [0.25, 0.3) is 0 Å². The summed E-state index contributed by atoms with van der Waals surface area (Å²) in [6.45, 7) is 4.10. The molecule has 0 radical (unpaired) electrons. The van der Waals surface area contributed by atoms with Crippen LogP contribution in [0.4, 0.5) is 13.2 Å². The fraction of sp³-hybridized carbons (Fsp3) is 0.438. The SMILES string of the molecule is CC1(C)CCC(C=O)=C(c2ccc(Cl)c(C(F)(F)F)c2)C1. The van der Waals surface area contributed by atoms with Crippen molar-refractivity contribution >= 4 is 23.5 Å². The van der Waals surface area contributed by atoms with Crippen molar-refractivity contribution in [2.75, 3.05) is 0 Å². The Hall–Kier alpha value is -1.29. The van der Waals surface area contributed by atoms with E-state index in [9.17, 15) is 18.0 Å². The first-order chi connectivity index (χ1) is 9.64. The lowest BCUT2D eigenvalue weighted by Crippen LogP contribution is -2.18. The second-order valence-corrected chi connectivity index (χ2v) is 6.56. The Balaban J connectivity index is 2.55. The Kier molecular flexibility index (Phi) is 4.20. The van der Waals surface area contributed by atoms with Crippen LogP contribution in [-0.2, 0) is 11.0 Å². The molecule has 0 unspecified atom stereocenters. The van der Waals surface area contributed by atoms with Crippen molar-refractivity contribution in [2.45, 2.75) is 39.3 Å². The molecule has 1 aromatic carbocycles. The van der Waals surface area contributed by atoms with Crippen LogP contribution in [-0.4, -0.2) is 6.29 Å². The molecule has 0 saturated heterocycles. The van der Waals surface area contributed by atoms with Crippen molar-refractivity contribution in [1.82, 2.24) is 0 Å². The molecule has 1 aliphatic rings. The van der Waals surface area contributed by atoms with E-state index in [2.05, 4.69) is 13.8 Å². The van der Waals surface area contributed by atoms with E-state index in [1.54, 1.807) is 6.07 Å². The molecule has 5 heteroatoms. The first-order valence-corrected chi connectivity index (χ1v) is 7.06. The van der Waals surface area contributed by atoms with Crippen LogP contribution in [0.25, 0.3) is 5.57 Å². The average molecular weight is 317 g/mol. The molecule has 1 aromatic rings. The fourth-order valence-electron chi connectivity index (χ4n) is 2.65. The summed E-state index contributed by atoms with van der Waals surface area (Å²) in [4.78, 5) is 11.2. The van der Waals surface area contributed by atoms with Crippen LogP contribution in [0.1, 0.15) is 44.2 Å². The Morgan fingerprint density at radius 3 is 2.52 bits per heavy atom. The highest BCUT2D eigenvalue weighted by Gasteiger charge is 2.34. The molecule has 0 saturated carbocycles. The van der Waals surface area contributed by atoms with Gasteiger partial charge >= 0.3 is 6.18 Å². The maximum atomic E-state index is 13.0. The van der Waals surface area contributed by atoms with E-state index >= 15 is 0 Å². The van der Waals surface area contributed by atoms with Gasteiger partial charge in [-0.1, -0.05) is 31.5 Å². The molecule has 0 heterocycles. The third-order valence-electron chi connectivity index (χ3n) is 3.88. The predicted molar refractivity (Wildman–Crippen MR) is 77.1 cm³/mol. The summed E-state index contributed by atoms with van der Waals surface area (Å²) in [5.74, 6) is 0. The number of carbonyl (C=O) groups excluding carboxylic acids is 1. The summed E-state index contributed by atoms with van der Waals surface area (Å²) in [6, 6.07) is 3.84. The maximum Gasteiger partial charge on any atom is 0.417 e. The fourth-order valence-corrected chi connectivity index (χ4v) is 2.88. The normalized spacial score (nSPS) is 18.8. The summed E-state index contributed by atoms with van der Waals surface area (Å²) in [5.41, 5.74) is 0.831. The molecule has 2 rings (SSSR count). The smallest absolute Gasteiger partial charge is 0.298 e. The maximum absolute atomic E-state index is 13.0. The number of halogens is 4. The number of allylic oxidation sites excluding steroid dienone is 2. The van der Waals surface area contributed by atoms with Gasteiger partial charge in [-0.2, -0.15) is 13.2 Å². The van der Waals surface area contributed by atoms with E-state index in [4.69, 9.17) is 11.6 Å². The molecule has 0 aromatic heterocycles. The van der Waals surface area contributed by atoms with E-state index in [1.807, 2.05) is 0 Å². The van der Waals surface area contributed by atoms with Crippen molar-refractivity contribution in [1.29, 1.82) is 0 Å². The van der Waals surface area contributed by atoms with E-state index in [-0.39, 0.29) is 10.4 Å². The second kappa shape index (κ2) is 5.48. The third-order valence-corrected chi connectivity index (χ3v) is 4.21. The Morgan fingerprint density at radius 2 is 1.95 bits per heavy atom. The molecule has 0 amide bonds. The summed E-state index contributed by atoms with van der Waals surface area (Å²) in [7, 11) is 0. The lowest BCUT2D eigenvalue weighted by Gasteiger charge is -2.32. The Bertz CT molecular complexity index is 600. The molecule has 1 nitrogen and oxygen atoms in total. The molecule has 0 aliphatic heterocycles. The lowest BCUT2D eigenvalue weighted by molar-refractivity contribution is -0.137. The highest BCUT2D eigenvalue weighted by Crippen LogP contribution is 2.44. The van der Waals surface area contributed by atoms with Gasteiger partial charge in [0.2, 0.25) is 0 Å². The molecule has 0 spiro atoms. The van der Waals surface area contributed by atoms with E-state index in [1.165, 1.54) is 6.07 Å². The number of benzene rings is 1. The highest BCUT2D eigenvalue weighted by atomic mass is 35.5. The minimum absolute atomic E-state index is 0.0279. The van der Waals surface area contributed by atoms with E-state index in [0.717, 1.165) is 18.8 Å². The monoisotopic (exact) mass is 316 g/mol.